The molecule has 1 fully saturated rings. The summed E-state index contributed by atoms with van der Waals surface area (Å²) >= 11 is 0. The second-order valence-electron chi connectivity index (χ2n) is 6.93. The molecule has 0 radical (unpaired) electrons. The van der Waals surface area contributed by atoms with Gasteiger partial charge in [-0.1, -0.05) is 6.07 Å². The van der Waals surface area contributed by atoms with Crippen LogP contribution in [0, 0.1) is 0 Å². The van der Waals surface area contributed by atoms with Crippen LogP contribution >= 0.6 is 0 Å². The fourth-order valence-electron chi connectivity index (χ4n) is 3.17. The molecule has 1 aliphatic rings. The molecule has 1 saturated heterocycles. The lowest BCUT2D eigenvalue weighted by molar-refractivity contribution is -0.277. The van der Waals surface area contributed by atoms with E-state index < -0.39 is 37.3 Å². The molecule has 0 spiro atoms. The summed E-state index contributed by atoms with van der Waals surface area (Å²) in [5.41, 5.74) is 1.30. The first kappa shape index (κ1) is 21.2. The SMILES string of the molecule is OC[C@H]1O[C@@H](Oc2ccc(O)cc2CCc2ccc(O)c(O)c2)[C@H](O)[C@@H](O)[C@@H]1O. The first-order valence-electron chi connectivity index (χ1n) is 9.10. The maximum atomic E-state index is 10.1. The van der Waals surface area contributed by atoms with Gasteiger partial charge in [-0.25, -0.2) is 0 Å². The van der Waals surface area contributed by atoms with Crippen molar-refractivity contribution in [2.24, 2.45) is 0 Å². The van der Waals surface area contributed by atoms with Gasteiger partial charge in [-0.2, -0.15) is 0 Å². The number of aliphatic hydroxyl groups excluding tert-OH is 4. The summed E-state index contributed by atoms with van der Waals surface area (Å²) in [4.78, 5) is 0. The Kier molecular flexibility index (Phi) is 6.46. The van der Waals surface area contributed by atoms with E-state index in [0.717, 1.165) is 5.56 Å². The predicted molar refractivity (Wildman–Crippen MR) is 99.7 cm³/mol. The average Bonchev–Trinajstić information content (AvgIpc) is 2.70. The Morgan fingerprint density at radius 2 is 1.59 bits per heavy atom. The molecule has 0 bridgehead atoms. The molecule has 9 nitrogen and oxygen atoms in total. The first-order chi connectivity index (χ1) is 13.8. The minimum atomic E-state index is -1.56. The monoisotopic (exact) mass is 408 g/mol. The van der Waals surface area contributed by atoms with E-state index in [1.165, 1.54) is 30.3 Å². The van der Waals surface area contributed by atoms with Gasteiger partial charge in [0.2, 0.25) is 6.29 Å². The van der Waals surface area contributed by atoms with Crippen molar-refractivity contribution in [3.63, 3.8) is 0 Å². The van der Waals surface area contributed by atoms with Crippen molar-refractivity contribution in [1.82, 2.24) is 0 Å². The molecule has 3 rings (SSSR count). The van der Waals surface area contributed by atoms with Crippen LogP contribution in [0.3, 0.4) is 0 Å². The van der Waals surface area contributed by atoms with Gasteiger partial charge >= 0.3 is 0 Å². The van der Waals surface area contributed by atoms with Gasteiger partial charge in [0.1, 0.15) is 35.9 Å². The summed E-state index contributed by atoms with van der Waals surface area (Å²) in [5, 5.41) is 68.0. The summed E-state index contributed by atoms with van der Waals surface area (Å²) < 4.78 is 11.0. The second kappa shape index (κ2) is 8.85. The van der Waals surface area contributed by atoms with E-state index in [2.05, 4.69) is 0 Å². The van der Waals surface area contributed by atoms with Crippen LogP contribution < -0.4 is 4.74 Å². The van der Waals surface area contributed by atoms with Gasteiger partial charge < -0.3 is 45.2 Å². The zero-order valence-corrected chi connectivity index (χ0v) is 15.4. The van der Waals surface area contributed by atoms with Crippen molar-refractivity contribution in [3.05, 3.63) is 47.5 Å². The Morgan fingerprint density at radius 3 is 2.28 bits per heavy atom. The van der Waals surface area contributed by atoms with Crippen LogP contribution in [0.5, 0.6) is 23.0 Å². The topological polar surface area (TPSA) is 160 Å². The van der Waals surface area contributed by atoms with Gasteiger partial charge in [-0.3, -0.25) is 0 Å². The molecule has 9 heteroatoms. The number of phenols is 3. The Bertz CT molecular complexity index is 839. The Labute approximate surface area is 166 Å². The standard InChI is InChI=1S/C20H24O9/c21-9-16-17(25)18(26)19(27)20(29-16)28-15-6-4-12(22)8-11(15)3-1-10-2-5-13(23)14(24)7-10/h2,4-8,16-27H,1,3,9H2/t16-,17-,18+,19-,20-/m1/s1. The van der Waals surface area contributed by atoms with Gasteiger partial charge in [0.25, 0.3) is 0 Å². The van der Waals surface area contributed by atoms with Crippen molar-refractivity contribution in [2.45, 2.75) is 43.5 Å². The molecular formula is C20H24O9. The number of aryl methyl sites for hydroxylation is 2. The lowest BCUT2D eigenvalue weighted by Gasteiger charge is -2.39. The maximum Gasteiger partial charge on any atom is 0.229 e. The highest BCUT2D eigenvalue weighted by molar-refractivity contribution is 5.43. The summed E-state index contributed by atoms with van der Waals surface area (Å²) in [6.07, 6.45) is -6.22. The molecule has 0 unspecified atom stereocenters. The summed E-state index contributed by atoms with van der Waals surface area (Å²) in [6, 6.07) is 8.78. The van der Waals surface area contributed by atoms with Crippen molar-refractivity contribution < 1.29 is 45.2 Å². The Hall–Kier alpha value is -2.56. The van der Waals surface area contributed by atoms with Gasteiger partial charge in [0, 0.05) is 0 Å². The third-order valence-electron chi connectivity index (χ3n) is 4.86. The molecule has 1 heterocycles. The molecule has 158 valence electrons. The number of aliphatic hydroxyl groups is 4. The smallest absolute Gasteiger partial charge is 0.229 e. The van der Waals surface area contributed by atoms with E-state index in [0.29, 0.717) is 18.4 Å². The molecular weight excluding hydrogens is 384 g/mol. The average molecular weight is 408 g/mol. The van der Waals surface area contributed by atoms with E-state index in [1.54, 1.807) is 6.07 Å². The van der Waals surface area contributed by atoms with Gasteiger partial charge in [-0.05, 0) is 54.3 Å². The van der Waals surface area contributed by atoms with Gasteiger partial charge in [0.05, 0.1) is 6.61 Å². The van der Waals surface area contributed by atoms with Gasteiger partial charge in [0.15, 0.2) is 11.5 Å². The van der Waals surface area contributed by atoms with Crippen molar-refractivity contribution in [1.29, 1.82) is 0 Å². The lowest BCUT2D eigenvalue weighted by Crippen LogP contribution is -2.60. The number of hydrogen-bond acceptors (Lipinski definition) is 9. The number of benzene rings is 2. The number of hydrogen-bond donors (Lipinski definition) is 7. The normalized spacial score (nSPS) is 27.0. The van der Waals surface area contributed by atoms with Crippen molar-refractivity contribution in [2.75, 3.05) is 6.61 Å². The summed E-state index contributed by atoms with van der Waals surface area (Å²) in [5.74, 6) is -0.196. The molecule has 0 aromatic heterocycles. The van der Waals surface area contributed by atoms with Crippen LogP contribution in [-0.2, 0) is 17.6 Å². The van der Waals surface area contributed by atoms with Gasteiger partial charge in [-0.15, -0.1) is 0 Å². The molecule has 1 aliphatic heterocycles. The van der Waals surface area contributed by atoms with Crippen molar-refractivity contribution >= 4 is 0 Å². The zero-order valence-electron chi connectivity index (χ0n) is 15.4. The molecule has 2 aromatic rings. The zero-order chi connectivity index (χ0) is 21.1. The van der Waals surface area contributed by atoms with Crippen LogP contribution in [0.25, 0.3) is 0 Å². The van der Waals surface area contributed by atoms with E-state index >= 15 is 0 Å². The summed E-state index contributed by atoms with van der Waals surface area (Å²) in [6.45, 7) is -0.572. The Balaban J connectivity index is 1.76. The minimum absolute atomic E-state index is 0.00490. The van der Waals surface area contributed by atoms with Crippen molar-refractivity contribution in [3.8, 4) is 23.0 Å². The van der Waals surface area contributed by atoms with E-state index in [4.69, 9.17) is 9.47 Å². The molecule has 0 aliphatic carbocycles. The first-order valence-corrected chi connectivity index (χ1v) is 9.10. The fraction of sp³-hybridized carbons (Fsp3) is 0.400. The fourth-order valence-corrected chi connectivity index (χ4v) is 3.17. The van der Waals surface area contributed by atoms with Crippen LogP contribution in [0.2, 0.25) is 0 Å². The summed E-state index contributed by atoms with van der Waals surface area (Å²) in [7, 11) is 0. The molecule has 0 amide bonds. The molecule has 0 saturated carbocycles. The van der Waals surface area contributed by atoms with Crippen LogP contribution in [-0.4, -0.2) is 73.1 Å². The van der Waals surface area contributed by atoms with E-state index in [1.807, 2.05) is 0 Å². The van der Waals surface area contributed by atoms with Crippen LogP contribution in [0.1, 0.15) is 11.1 Å². The number of rotatable bonds is 6. The number of phenolic OH excluding ortho intramolecular Hbond substituents is 3. The van der Waals surface area contributed by atoms with Crippen LogP contribution in [0.15, 0.2) is 36.4 Å². The quantitative estimate of drug-likeness (QED) is 0.320. The third kappa shape index (κ3) is 4.72. The highest BCUT2D eigenvalue weighted by Crippen LogP contribution is 2.31. The molecule has 5 atom stereocenters. The highest BCUT2D eigenvalue weighted by Gasteiger charge is 2.44. The molecule has 7 N–H and O–H groups in total. The number of ether oxygens (including phenoxy) is 2. The van der Waals surface area contributed by atoms with E-state index in [-0.39, 0.29) is 23.0 Å². The molecule has 2 aromatic carbocycles. The third-order valence-corrected chi connectivity index (χ3v) is 4.86. The lowest BCUT2D eigenvalue weighted by atomic mass is 9.99. The minimum Gasteiger partial charge on any atom is -0.508 e. The Morgan fingerprint density at radius 1 is 0.828 bits per heavy atom. The highest BCUT2D eigenvalue weighted by atomic mass is 16.7. The maximum absolute atomic E-state index is 10.1. The van der Waals surface area contributed by atoms with E-state index in [9.17, 15) is 35.7 Å². The number of aromatic hydroxyl groups is 3. The largest absolute Gasteiger partial charge is 0.508 e. The van der Waals surface area contributed by atoms with Crippen LogP contribution in [0.4, 0.5) is 0 Å². The predicted octanol–water partition coefficient (Wildman–Crippen LogP) is -0.233. The second-order valence-corrected chi connectivity index (χ2v) is 6.93. The molecule has 29 heavy (non-hydrogen) atoms.